The number of nitrogens with one attached hydrogen (secondary N) is 1. The van der Waals surface area contributed by atoms with Crippen molar-refractivity contribution in [3.63, 3.8) is 0 Å². The Balaban J connectivity index is 2.19. The largest absolute Gasteiger partial charge is 0.481 e. The lowest BCUT2D eigenvalue weighted by Gasteiger charge is -2.15. The summed E-state index contributed by atoms with van der Waals surface area (Å²) in [7, 11) is 0. The lowest BCUT2D eigenvalue weighted by atomic mass is 10.1. The molecule has 0 bridgehead atoms. The van der Waals surface area contributed by atoms with Gasteiger partial charge < -0.3 is 31.7 Å². The minimum Gasteiger partial charge on any atom is -0.481 e. The molecule has 0 fully saturated rings. The molecule has 2 aromatic carbocycles. The van der Waals surface area contributed by atoms with Gasteiger partial charge in [-0.1, -0.05) is 6.07 Å². The topological polar surface area (TPSA) is 194 Å². The van der Waals surface area contributed by atoms with Gasteiger partial charge in [0.2, 0.25) is 0 Å². The molecule has 7 N–H and O–H groups in total. The molecule has 2 aromatic rings. The summed E-state index contributed by atoms with van der Waals surface area (Å²) in [5.41, 5.74) is 11.5. The first kappa shape index (κ1) is 22.9. The zero-order chi connectivity index (χ0) is 23.1. The lowest BCUT2D eigenvalue weighted by molar-refractivity contribution is -0.145. The monoisotopic (exact) mass is 428 g/mol. The van der Waals surface area contributed by atoms with E-state index in [1.807, 2.05) is 0 Å². The first-order valence-electron chi connectivity index (χ1n) is 8.85. The SMILES string of the molecule is Cc1c(OC(=O)c2ccc(N=C(N)N)cc2)cccc1C(=O)N[C@@H](CC(=O)O)C(=O)O. The normalized spacial score (nSPS) is 11.1. The number of hydrogen-bond donors (Lipinski definition) is 5. The van der Waals surface area contributed by atoms with Crippen molar-refractivity contribution in [2.45, 2.75) is 19.4 Å². The quantitative estimate of drug-likeness (QED) is 0.175. The Bertz CT molecular complexity index is 1040. The average molecular weight is 428 g/mol. The van der Waals surface area contributed by atoms with Gasteiger partial charge in [0.1, 0.15) is 11.8 Å². The predicted octanol–water partition coefficient (Wildman–Crippen LogP) is 0.777. The van der Waals surface area contributed by atoms with E-state index in [1.165, 1.54) is 49.4 Å². The van der Waals surface area contributed by atoms with Crippen molar-refractivity contribution in [3.05, 3.63) is 59.2 Å². The second-order valence-electron chi connectivity index (χ2n) is 6.36. The van der Waals surface area contributed by atoms with Crippen molar-refractivity contribution in [1.29, 1.82) is 0 Å². The number of ether oxygens (including phenoxy) is 1. The maximum atomic E-state index is 12.5. The van der Waals surface area contributed by atoms with Crippen LogP contribution in [0.3, 0.4) is 0 Å². The molecule has 0 aliphatic carbocycles. The van der Waals surface area contributed by atoms with Gasteiger partial charge in [-0.15, -0.1) is 0 Å². The molecular weight excluding hydrogens is 408 g/mol. The third-order valence-electron chi connectivity index (χ3n) is 4.07. The van der Waals surface area contributed by atoms with Crippen molar-refractivity contribution in [2.75, 3.05) is 0 Å². The van der Waals surface area contributed by atoms with Gasteiger partial charge in [0.15, 0.2) is 5.96 Å². The minimum atomic E-state index is -1.61. The zero-order valence-electron chi connectivity index (χ0n) is 16.4. The van der Waals surface area contributed by atoms with Gasteiger partial charge in [-0.25, -0.2) is 14.6 Å². The number of carbonyl (C=O) groups is 4. The van der Waals surface area contributed by atoms with Crippen LogP contribution in [0.25, 0.3) is 0 Å². The van der Waals surface area contributed by atoms with Crippen LogP contribution in [0, 0.1) is 6.92 Å². The maximum Gasteiger partial charge on any atom is 0.343 e. The number of carboxylic acid groups (broad SMARTS) is 2. The highest BCUT2D eigenvalue weighted by Gasteiger charge is 2.25. The molecule has 0 spiro atoms. The summed E-state index contributed by atoms with van der Waals surface area (Å²) in [5, 5.41) is 20.0. The zero-order valence-corrected chi connectivity index (χ0v) is 16.4. The Morgan fingerprint density at radius 2 is 1.71 bits per heavy atom. The summed E-state index contributed by atoms with van der Waals surface area (Å²) in [5.74, 6) is -4.43. The first-order chi connectivity index (χ1) is 14.6. The third-order valence-corrected chi connectivity index (χ3v) is 4.07. The number of rotatable bonds is 8. The van der Waals surface area contributed by atoms with Gasteiger partial charge in [0.05, 0.1) is 17.7 Å². The van der Waals surface area contributed by atoms with Gasteiger partial charge in [0.25, 0.3) is 5.91 Å². The summed E-state index contributed by atoms with van der Waals surface area (Å²) in [4.78, 5) is 50.7. The Morgan fingerprint density at radius 3 is 2.26 bits per heavy atom. The van der Waals surface area contributed by atoms with E-state index in [0.29, 0.717) is 5.69 Å². The van der Waals surface area contributed by atoms with Crippen LogP contribution in [0.5, 0.6) is 5.75 Å². The van der Waals surface area contributed by atoms with E-state index in [0.717, 1.165) is 0 Å². The van der Waals surface area contributed by atoms with Crippen LogP contribution >= 0.6 is 0 Å². The number of aliphatic carboxylic acids is 2. The number of hydrogen-bond acceptors (Lipinski definition) is 6. The molecule has 0 aromatic heterocycles. The number of amides is 1. The highest BCUT2D eigenvalue weighted by molar-refractivity contribution is 5.99. The average Bonchev–Trinajstić information content (AvgIpc) is 2.68. The molecule has 0 radical (unpaired) electrons. The molecule has 0 aliphatic rings. The molecule has 0 saturated heterocycles. The molecule has 11 heteroatoms. The van der Waals surface area contributed by atoms with Crippen LogP contribution in [0.4, 0.5) is 5.69 Å². The van der Waals surface area contributed by atoms with Gasteiger partial charge in [-0.3, -0.25) is 9.59 Å². The van der Waals surface area contributed by atoms with Gasteiger partial charge in [-0.2, -0.15) is 0 Å². The van der Waals surface area contributed by atoms with Crippen LogP contribution in [-0.4, -0.2) is 46.0 Å². The highest BCUT2D eigenvalue weighted by atomic mass is 16.5. The first-order valence-corrected chi connectivity index (χ1v) is 8.85. The van der Waals surface area contributed by atoms with Crippen LogP contribution in [-0.2, 0) is 9.59 Å². The number of carbonyl (C=O) groups excluding carboxylic acids is 2. The Hall–Kier alpha value is -4.41. The Morgan fingerprint density at radius 1 is 1.06 bits per heavy atom. The highest BCUT2D eigenvalue weighted by Crippen LogP contribution is 2.23. The number of guanidine groups is 1. The Labute approximate surface area is 176 Å². The molecule has 0 aliphatic heterocycles. The molecule has 0 saturated carbocycles. The smallest absolute Gasteiger partial charge is 0.343 e. The number of benzene rings is 2. The summed E-state index contributed by atoms with van der Waals surface area (Å²) in [6.45, 7) is 1.51. The summed E-state index contributed by atoms with van der Waals surface area (Å²) < 4.78 is 5.35. The number of carboxylic acids is 2. The minimum absolute atomic E-state index is 0.0324. The number of nitrogens with zero attached hydrogens (tertiary/aromatic N) is 1. The van der Waals surface area contributed by atoms with Crippen LogP contribution in [0.15, 0.2) is 47.5 Å². The van der Waals surface area contributed by atoms with Gasteiger partial charge in [0, 0.05) is 11.1 Å². The summed E-state index contributed by atoms with van der Waals surface area (Å²) in [6.07, 6.45) is -0.787. The summed E-state index contributed by atoms with van der Waals surface area (Å²) in [6, 6.07) is 8.63. The lowest BCUT2D eigenvalue weighted by Crippen LogP contribution is -2.42. The maximum absolute atomic E-state index is 12.5. The fourth-order valence-electron chi connectivity index (χ4n) is 2.56. The van der Waals surface area contributed by atoms with Gasteiger partial charge in [-0.05, 0) is 43.3 Å². The van der Waals surface area contributed by atoms with Gasteiger partial charge >= 0.3 is 17.9 Å². The molecular formula is C20H20N4O7. The fourth-order valence-corrected chi connectivity index (χ4v) is 2.56. The van der Waals surface area contributed by atoms with E-state index in [2.05, 4.69) is 10.3 Å². The van der Waals surface area contributed by atoms with E-state index in [4.69, 9.17) is 26.4 Å². The third kappa shape index (κ3) is 6.29. The van der Waals surface area contributed by atoms with E-state index < -0.39 is 36.3 Å². The molecule has 1 atom stereocenters. The van der Waals surface area contributed by atoms with E-state index in [-0.39, 0.29) is 28.4 Å². The van der Waals surface area contributed by atoms with Crippen molar-refractivity contribution in [1.82, 2.24) is 5.32 Å². The summed E-state index contributed by atoms with van der Waals surface area (Å²) >= 11 is 0. The molecule has 11 nitrogen and oxygen atoms in total. The molecule has 162 valence electrons. The number of esters is 1. The van der Waals surface area contributed by atoms with E-state index in [1.54, 1.807) is 0 Å². The molecule has 0 heterocycles. The van der Waals surface area contributed by atoms with Crippen molar-refractivity contribution in [3.8, 4) is 5.75 Å². The number of nitrogens with two attached hydrogens (primary N) is 2. The fraction of sp³-hybridized carbons (Fsp3) is 0.150. The molecule has 31 heavy (non-hydrogen) atoms. The predicted molar refractivity (Wildman–Crippen MR) is 109 cm³/mol. The Kier molecular flexibility index (Phi) is 7.28. The van der Waals surface area contributed by atoms with E-state index in [9.17, 15) is 19.2 Å². The second kappa shape index (κ2) is 9.87. The molecule has 2 rings (SSSR count). The van der Waals surface area contributed by atoms with Crippen molar-refractivity contribution < 1.29 is 34.1 Å². The number of aliphatic imine (C=N–C) groups is 1. The second-order valence-corrected chi connectivity index (χ2v) is 6.36. The van der Waals surface area contributed by atoms with Crippen LogP contribution < -0.4 is 21.5 Å². The van der Waals surface area contributed by atoms with Crippen molar-refractivity contribution in [2.24, 2.45) is 16.5 Å². The van der Waals surface area contributed by atoms with Crippen molar-refractivity contribution >= 4 is 35.5 Å². The van der Waals surface area contributed by atoms with Crippen LogP contribution in [0.2, 0.25) is 0 Å². The van der Waals surface area contributed by atoms with E-state index >= 15 is 0 Å². The standard InChI is InChI=1S/C20H20N4O7/c1-10-13(17(27)24-14(18(28)29)9-16(25)26)3-2-4-15(10)31-19(30)11-5-7-12(8-6-11)23-20(21)22/h2-8,14H,9H2,1H3,(H,24,27)(H,25,26)(H,28,29)(H4,21,22,23)/t14-/m0/s1. The molecule has 1 amide bonds. The molecule has 0 unspecified atom stereocenters. The van der Waals surface area contributed by atoms with Crippen LogP contribution in [0.1, 0.15) is 32.7 Å².